The molecule has 0 amide bonds. The van der Waals surface area contributed by atoms with Crippen LogP contribution in [0.2, 0.25) is 0 Å². The van der Waals surface area contributed by atoms with Crippen LogP contribution in [0.5, 0.6) is 0 Å². The van der Waals surface area contributed by atoms with Crippen LogP contribution in [0.25, 0.3) is 0 Å². The van der Waals surface area contributed by atoms with E-state index >= 15 is 0 Å². The van der Waals surface area contributed by atoms with Crippen LogP contribution in [0.15, 0.2) is 51.1 Å². The van der Waals surface area contributed by atoms with Crippen molar-refractivity contribution in [3.05, 3.63) is 62.2 Å². The number of nitro groups is 2. The maximum atomic E-state index is 13.0. The van der Waals surface area contributed by atoms with E-state index in [2.05, 4.69) is 0 Å². The first-order valence-electron chi connectivity index (χ1n) is 7.87. The fourth-order valence-corrected chi connectivity index (χ4v) is 5.21. The number of nitro benzene ring substituents is 2. The van der Waals surface area contributed by atoms with Crippen LogP contribution in [0.4, 0.5) is 11.4 Å². The van der Waals surface area contributed by atoms with E-state index in [1.807, 2.05) is 0 Å². The number of rotatable bonds is 5. The van der Waals surface area contributed by atoms with E-state index in [9.17, 15) is 41.6 Å². The van der Waals surface area contributed by atoms with Crippen LogP contribution in [0.1, 0.15) is 26.3 Å². The molecule has 2 rings (SSSR count). The van der Waals surface area contributed by atoms with Gasteiger partial charge < -0.3 is 0 Å². The van der Waals surface area contributed by atoms with Gasteiger partial charge in [0.15, 0.2) is 0 Å². The highest BCUT2D eigenvalue weighted by Gasteiger charge is 2.34. The number of hydrogen-bond acceptors (Lipinski definition) is 8. The predicted octanol–water partition coefficient (Wildman–Crippen LogP) is 2.88. The summed E-state index contributed by atoms with van der Waals surface area (Å²) in [6.07, 6.45) is 0. The Morgan fingerprint density at radius 1 is 0.828 bits per heavy atom. The summed E-state index contributed by atoms with van der Waals surface area (Å²) in [7, 11) is -9.86. The highest BCUT2D eigenvalue weighted by atomic mass is 32.2. The largest absolute Gasteiger partial charge is 0.295 e. The zero-order chi connectivity index (χ0) is 22.4. The Kier molecular flexibility index (Phi) is 5.53. The summed E-state index contributed by atoms with van der Waals surface area (Å²) in [4.78, 5) is 17.3. The van der Waals surface area contributed by atoms with Crippen molar-refractivity contribution in [2.45, 2.75) is 40.9 Å². The van der Waals surface area contributed by atoms with Crippen LogP contribution in [-0.2, 0) is 25.4 Å². The van der Waals surface area contributed by atoms with Gasteiger partial charge in [-0.2, -0.15) is 8.42 Å². The van der Waals surface area contributed by atoms with Crippen LogP contribution in [0.3, 0.4) is 0 Å². The Bertz CT molecular complexity index is 1230. The molecule has 0 bridgehead atoms. The molecule has 156 valence electrons. The molecule has 11 nitrogen and oxygen atoms in total. The van der Waals surface area contributed by atoms with Crippen molar-refractivity contribution < 1.29 is 31.2 Å². The second kappa shape index (κ2) is 7.17. The Balaban J connectivity index is 2.88. The molecule has 2 aromatic rings. The van der Waals surface area contributed by atoms with E-state index in [1.165, 1.54) is 6.07 Å². The van der Waals surface area contributed by atoms with Gasteiger partial charge >= 0.3 is 0 Å². The molecule has 0 fully saturated rings. The molecule has 0 heterocycles. The average Bonchev–Trinajstić information content (AvgIpc) is 2.59. The predicted molar refractivity (Wildman–Crippen MR) is 100 cm³/mol. The van der Waals surface area contributed by atoms with Crippen LogP contribution in [0, 0.1) is 20.2 Å². The Morgan fingerprint density at radius 2 is 1.38 bits per heavy atom. The lowest BCUT2D eigenvalue weighted by Gasteiger charge is -2.20. The van der Waals surface area contributed by atoms with Crippen molar-refractivity contribution >= 4 is 31.3 Å². The SMILES string of the molecule is CC(C)(C)c1ccc(S(=O)(=O)c2ccc([N+](=O)[O-])cc2[N+](=O)[O-])c(S(=O)(=O)O)c1. The van der Waals surface area contributed by atoms with Crippen LogP contribution >= 0.6 is 0 Å². The number of sulfone groups is 1. The van der Waals surface area contributed by atoms with Crippen LogP contribution < -0.4 is 0 Å². The van der Waals surface area contributed by atoms with Crippen molar-refractivity contribution in [1.82, 2.24) is 0 Å². The first-order valence-corrected chi connectivity index (χ1v) is 10.8. The maximum absolute atomic E-state index is 13.0. The lowest BCUT2D eigenvalue weighted by Crippen LogP contribution is -2.16. The summed E-state index contributed by atoms with van der Waals surface area (Å²) in [5, 5.41) is 22.1. The molecular weight excluding hydrogens is 428 g/mol. The fourth-order valence-electron chi connectivity index (χ4n) is 2.51. The van der Waals surface area contributed by atoms with Gasteiger partial charge in [0.2, 0.25) is 9.84 Å². The molecule has 2 aromatic carbocycles. The van der Waals surface area contributed by atoms with E-state index in [0.717, 1.165) is 18.2 Å². The molecule has 0 aliphatic rings. The minimum absolute atomic E-state index is 0.391. The molecule has 0 spiro atoms. The van der Waals surface area contributed by atoms with Gasteiger partial charge in [-0.3, -0.25) is 24.8 Å². The number of non-ortho nitro benzene ring substituents is 1. The van der Waals surface area contributed by atoms with Gasteiger partial charge in [0.1, 0.15) is 9.79 Å². The van der Waals surface area contributed by atoms with Gasteiger partial charge in [-0.15, -0.1) is 0 Å². The average molecular weight is 444 g/mol. The number of benzene rings is 2. The molecule has 0 aliphatic heterocycles. The second-order valence-corrected chi connectivity index (χ2v) is 10.3. The molecule has 0 unspecified atom stereocenters. The van der Waals surface area contributed by atoms with Gasteiger partial charge in [0, 0.05) is 6.07 Å². The molecule has 0 aliphatic carbocycles. The molecule has 0 saturated carbocycles. The Labute approximate surface area is 166 Å². The van der Waals surface area contributed by atoms with Crippen molar-refractivity contribution in [3.63, 3.8) is 0 Å². The molecule has 1 N–H and O–H groups in total. The third-order valence-electron chi connectivity index (χ3n) is 4.02. The number of nitrogens with zero attached hydrogens (tertiary/aromatic N) is 2. The Morgan fingerprint density at radius 3 is 1.83 bits per heavy atom. The lowest BCUT2D eigenvalue weighted by atomic mass is 9.87. The summed E-state index contributed by atoms with van der Waals surface area (Å²) in [5.41, 5.74) is -2.02. The van der Waals surface area contributed by atoms with E-state index < -0.39 is 61.3 Å². The molecule has 0 atom stereocenters. The van der Waals surface area contributed by atoms with E-state index in [4.69, 9.17) is 0 Å². The maximum Gasteiger partial charge on any atom is 0.295 e. The normalized spacial score (nSPS) is 12.6. The first-order chi connectivity index (χ1) is 13.1. The molecular formula is C16H16N2O9S2. The van der Waals surface area contributed by atoms with Gasteiger partial charge in [0.25, 0.3) is 21.5 Å². The summed E-state index contributed by atoms with van der Waals surface area (Å²) in [6, 6.07) is 5.07. The van der Waals surface area contributed by atoms with E-state index in [0.29, 0.717) is 17.7 Å². The van der Waals surface area contributed by atoms with Crippen molar-refractivity contribution in [2.24, 2.45) is 0 Å². The van der Waals surface area contributed by atoms with E-state index in [-0.39, 0.29) is 0 Å². The third-order valence-corrected chi connectivity index (χ3v) is 6.90. The quantitative estimate of drug-likeness (QED) is 0.413. The zero-order valence-electron chi connectivity index (χ0n) is 15.4. The highest BCUT2D eigenvalue weighted by molar-refractivity contribution is 7.93. The van der Waals surface area contributed by atoms with Gasteiger partial charge in [0.05, 0.1) is 20.8 Å². The summed E-state index contributed by atoms with van der Waals surface area (Å²) >= 11 is 0. The summed E-state index contributed by atoms with van der Waals surface area (Å²) in [6.45, 7) is 5.18. The molecule has 0 aromatic heterocycles. The summed E-state index contributed by atoms with van der Waals surface area (Å²) < 4.78 is 59.3. The van der Waals surface area contributed by atoms with Crippen molar-refractivity contribution in [3.8, 4) is 0 Å². The van der Waals surface area contributed by atoms with E-state index in [1.54, 1.807) is 20.8 Å². The smallest absolute Gasteiger partial charge is 0.282 e. The first kappa shape index (κ1) is 22.4. The fraction of sp³-hybridized carbons (Fsp3) is 0.250. The second-order valence-electron chi connectivity index (χ2n) is 7.06. The standard InChI is InChI=1S/C16H16N2O9S2/c1-16(2,3)10-4-6-14(15(8-10)29(25,26)27)28(23,24)13-7-5-11(17(19)20)9-12(13)18(21)22/h4-9H,1-3H3,(H,25,26,27). The minimum atomic E-state index is -5.02. The van der Waals surface area contributed by atoms with Gasteiger partial charge in [-0.05, 0) is 29.2 Å². The van der Waals surface area contributed by atoms with Crippen molar-refractivity contribution in [1.29, 1.82) is 0 Å². The van der Waals surface area contributed by atoms with Crippen LogP contribution in [-0.4, -0.2) is 31.2 Å². The van der Waals surface area contributed by atoms with Crippen molar-refractivity contribution in [2.75, 3.05) is 0 Å². The monoisotopic (exact) mass is 444 g/mol. The van der Waals surface area contributed by atoms with Gasteiger partial charge in [-0.1, -0.05) is 26.8 Å². The minimum Gasteiger partial charge on any atom is -0.282 e. The van der Waals surface area contributed by atoms with Gasteiger partial charge in [-0.25, -0.2) is 8.42 Å². The summed E-state index contributed by atoms with van der Waals surface area (Å²) in [5.74, 6) is 0. The Hall–Kier alpha value is -2.90. The lowest BCUT2D eigenvalue weighted by molar-refractivity contribution is -0.396. The zero-order valence-corrected chi connectivity index (χ0v) is 17.0. The third kappa shape index (κ3) is 4.41. The molecule has 13 heteroatoms. The topological polar surface area (TPSA) is 175 Å². The molecule has 0 saturated heterocycles. The highest BCUT2D eigenvalue weighted by Crippen LogP contribution is 2.36. The molecule has 0 radical (unpaired) electrons. The number of hydrogen-bond donors (Lipinski definition) is 1. The molecule has 29 heavy (non-hydrogen) atoms.